The lowest BCUT2D eigenvalue weighted by atomic mass is 10.2. The summed E-state index contributed by atoms with van der Waals surface area (Å²) in [5.41, 5.74) is 0.911. The highest BCUT2D eigenvalue weighted by atomic mass is 16.5. The Hall–Kier alpha value is -2.10. The molecule has 0 unspecified atom stereocenters. The van der Waals surface area contributed by atoms with Gasteiger partial charge < -0.3 is 9.47 Å². The molecule has 1 saturated carbocycles. The molecule has 1 aromatic rings. The molecule has 0 saturated heterocycles. The van der Waals surface area contributed by atoms with Crippen molar-refractivity contribution in [2.75, 3.05) is 0 Å². The number of hydrogen-bond acceptors (Lipinski definition) is 4. The maximum absolute atomic E-state index is 11.3. The van der Waals surface area contributed by atoms with Gasteiger partial charge in [-0.25, -0.2) is 4.79 Å². The lowest BCUT2D eigenvalue weighted by Crippen LogP contribution is -2.04. The number of rotatable bonds is 5. The summed E-state index contributed by atoms with van der Waals surface area (Å²) in [6.07, 6.45) is 3.97. The normalized spacial score (nSPS) is 14.4. The van der Waals surface area contributed by atoms with E-state index < -0.39 is 5.97 Å². The standard InChI is InChI=1S/C14H14O4/c15-13(8-9-17-14(16)12-6-7-12)18-10-11-4-2-1-3-5-11/h1-5,8-9,12H,6-7,10H2. The first-order chi connectivity index (χ1) is 8.75. The molecule has 0 aromatic heterocycles. The van der Waals surface area contributed by atoms with E-state index in [1.54, 1.807) is 0 Å². The summed E-state index contributed by atoms with van der Waals surface area (Å²) in [6.45, 7) is 0.209. The highest BCUT2D eigenvalue weighted by Crippen LogP contribution is 2.30. The van der Waals surface area contributed by atoms with E-state index in [4.69, 9.17) is 9.47 Å². The van der Waals surface area contributed by atoms with E-state index >= 15 is 0 Å². The third-order valence-corrected chi connectivity index (χ3v) is 2.52. The van der Waals surface area contributed by atoms with Crippen LogP contribution >= 0.6 is 0 Å². The smallest absolute Gasteiger partial charge is 0.334 e. The fraction of sp³-hybridized carbons (Fsp3) is 0.286. The molecule has 4 nitrogen and oxygen atoms in total. The maximum atomic E-state index is 11.3. The molecule has 1 aromatic carbocycles. The van der Waals surface area contributed by atoms with Crippen molar-refractivity contribution >= 4 is 11.9 Å². The second kappa shape index (κ2) is 6.00. The molecule has 0 heterocycles. The van der Waals surface area contributed by atoms with Crippen molar-refractivity contribution < 1.29 is 19.1 Å². The van der Waals surface area contributed by atoms with E-state index in [2.05, 4.69) is 0 Å². The van der Waals surface area contributed by atoms with Gasteiger partial charge in [-0.2, -0.15) is 0 Å². The van der Waals surface area contributed by atoms with Crippen LogP contribution in [0.5, 0.6) is 0 Å². The van der Waals surface area contributed by atoms with Crippen molar-refractivity contribution in [2.45, 2.75) is 19.4 Å². The van der Waals surface area contributed by atoms with Crippen LogP contribution in [-0.4, -0.2) is 11.9 Å². The van der Waals surface area contributed by atoms with Crippen LogP contribution in [0.15, 0.2) is 42.7 Å². The largest absolute Gasteiger partial charge is 0.458 e. The lowest BCUT2D eigenvalue weighted by Gasteiger charge is -2.01. The molecule has 0 amide bonds. The van der Waals surface area contributed by atoms with Gasteiger partial charge in [-0.15, -0.1) is 0 Å². The first-order valence-electron chi connectivity index (χ1n) is 5.83. The number of hydrogen-bond donors (Lipinski definition) is 0. The minimum atomic E-state index is -0.526. The molecule has 1 aliphatic rings. The second-order valence-electron chi connectivity index (χ2n) is 4.11. The van der Waals surface area contributed by atoms with Crippen LogP contribution in [0.4, 0.5) is 0 Å². The Kier molecular flexibility index (Phi) is 4.12. The zero-order valence-corrected chi connectivity index (χ0v) is 9.87. The van der Waals surface area contributed by atoms with E-state index in [1.165, 1.54) is 0 Å². The number of ether oxygens (including phenoxy) is 2. The third-order valence-electron chi connectivity index (χ3n) is 2.52. The number of esters is 2. The number of benzene rings is 1. The van der Waals surface area contributed by atoms with Gasteiger partial charge in [0.25, 0.3) is 0 Å². The minimum absolute atomic E-state index is 0.0231. The van der Waals surface area contributed by atoms with Crippen molar-refractivity contribution in [3.05, 3.63) is 48.2 Å². The second-order valence-corrected chi connectivity index (χ2v) is 4.11. The molecular weight excluding hydrogens is 232 g/mol. The van der Waals surface area contributed by atoms with Crippen LogP contribution in [0.1, 0.15) is 18.4 Å². The molecule has 1 aliphatic carbocycles. The monoisotopic (exact) mass is 246 g/mol. The topological polar surface area (TPSA) is 52.6 Å². The molecule has 0 atom stereocenters. The van der Waals surface area contributed by atoms with Crippen molar-refractivity contribution in [2.24, 2.45) is 5.92 Å². The average molecular weight is 246 g/mol. The van der Waals surface area contributed by atoms with E-state index in [9.17, 15) is 9.59 Å². The van der Waals surface area contributed by atoms with Gasteiger partial charge in [-0.1, -0.05) is 30.3 Å². The van der Waals surface area contributed by atoms with Gasteiger partial charge in [0.15, 0.2) is 0 Å². The Morgan fingerprint density at radius 3 is 2.61 bits per heavy atom. The molecule has 0 radical (unpaired) electrons. The first kappa shape index (κ1) is 12.4. The summed E-state index contributed by atoms with van der Waals surface area (Å²) in [5.74, 6) is -0.778. The molecule has 0 N–H and O–H groups in total. The summed E-state index contributed by atoms with van der Waals surface area (Å²) in [4.78, 5) is 22.4. The Balaban J connectivity index is 1.68. The minimum Gasteiger partial charge on any atom is -0.458 e. The molecule has 4 heteroatoms. The fourth-order valence-electron chi connectivity index (χ4n) is 1.35. The van der Waals surface area contributed by atoms with Crippen LogP contribution in [0, 0.1) is 5.92 Å². The summed E-state index contributed by atoms with van der Waals surface area (Å²) in [7, 11) is 0. The highest BCUT2D eigenvalue weighted by Gasteiger charge is 2.30. The van der Waals surface area contributed by atoms with E-state index in [1.807, 2.05) is 30.3 Å². The predicted molar refractivity (Wildman–Crippen MR) is 64.2 cm³/mol. The first-order valence-corrected chi connectivity index (χ1v) is 5.83. The molecule has 0 bridgehead atoms. The van der Waals surface area contributed by atoms with Crippen LogP contribution in [0.3, 0.4) is 0 Å². The third kappa shape index (κ3) is 4.05. The van der Waals surface area contributed by atoms with Gasteiger partial charge in [0.1, 0.15) is 12.9 Å². The molecule has 1 fully saturated rings. The van der Waals surface area contributed by atoms with Gasteiger partial charge in [-0.05, 0) is 18.4 Å². The number of carbonyl (C=O) groups is 2. The quantitative estimate of drug-likeness (QED) is 0.454. The summed E-state index contributed by atoms with van der Waals surface area (Å²) in [6, 6.07) is 9.36. The summed E-state index contributed by atoms with van der Waals surface area (Å²) in [5, 5.41) is 0. The summed E-state index contributed by atoms with van der Waals surface area (Å²) < 4.78 is 9.74. The molecule has 0 aliphatic heterocycles. The Morgan fingerprint density at radius 1 is 1.22 bits per heavy atom. The molecule has 94 valence electrons. The van der Waals surface area contributed by atoms with Crippen LogP contribution in [0.25, 0.3) is 0 Å². The van der Waals surface area contributed by atoms with Gasteiger partial charge in [-0.3, -0.25) is 4.79 Å². The van der Waals surface area contributed by atoms with Crippen molar-refractivity contribution in [3.8, 4) is 0 Å². The van der Waals surface area contributed by atoms with E-state index in [0.717, 1.165) is 30.7 Å². The van der Waals surface area contributed by atoms with E-state index in [-0.39, 0.29) is 18.5 Å². The molecule has 2 rings (SSSR count). The van der Waals surface area contributed by atoms with Gasteiger partial charge in [0.05, 0.1) is 12.0 Å². The van der Waals surface area contributed by atoms with Gasteiger partial charge >= 0.3 is 11.9 Å². The Bertz CT molecular complexity index is 446. The zero-order chi connectivity index (χ0) is 12.8. The van der Waals surface area contributed by atoms with Crippen molar-refractivity contribution in [1.29, 1.82) is 0 Å². The molecule has 18 heavy (non-hydrogen) atoms. The summed E-state index contributed by atoms with van der Waals surface area (Å²) >= 11 is 0. The van der Waals surface area contributed by atoms with Crippen molar-refractivity contribution in [3.63, 3.8) is 0 Å². The van der Waals surface area contributed by atoms with Gasteiger partial charge in [0, 0.05) is 0 Å². The Morgan fingerprint density at radius 2 is 1.94 bits per heavy atom. The maximum Gasteiger partial charge on any atom is 0.334 e. The average Bonchev–Trinajstić information content (AvgIpc) is 3.22. The SMILES string of the molecule is O=C(C=COC(=O)C1CC1)OCc1ccccc1. The molecular formula is C14H14O4. The van der Waals surface area contributed by atoms with Gasteiger partial charge in [0.2, 0.25) is 0 Å². The predicted octanol–water partition coefficient (Wildman–Crippen LogP) is 2.20. The molecule has 0 spiro atoms. The van der Waals surface area contributed by atoms with Crippen LogP contribution in [-0.2, 0) is 25.7 Å². The van der Waals surface area contributed by atoms with Crippen LogP contribution < -0.4 is 0 Å². The van der Waals surface area contributed by atoms with Crippen molar-refractivity contribution in [1.82, 2.24) is 0 Å². The fourth-order valence-corrected chi connectivity index (χ4v) is 1.35. The zero-order valence-electron chi connectivity index (χ0n) is 9.87. The van der Waals surface area contributed by atoms with E-state index in [0.29, 0.717) is 0 Å². The lowest BCUT2D eigenvalue weighted by molar-refractivity contribution is -0.140. The Labute approximate surface area is 105 Å². The highest BCUT2D eigenvalue weighted by molar-refractivity contribution is 5.82. The number of carbonyl (C=O) groups excluding carboxylic acids is 2. The van der Waals surface area contributed by atoms with Crippen LogP contribution in [0.2, 0.25) is 0 Å².